The molecule has 0 N–H and O–H groups in total. The lowest BCUT2D eigenvalue weighted by atomic mass is 10.2. The zero-order valence-corrected chi connectivity index (χ0v) is 16.9. The molecule has 1 amide bonds. The predicted molar refractivity (Wildman–Crippen MR) is 108 cm³/mol. The van der Waals surface area contributed by atoms with Gasteiger partial charge in [-0.3, -0.25) is 9.20 Å². The van der Waals surface area contributed by atoms with E-state index in [4.69, 9.17) is 10.00 Å². The topological polar surface area (TPSA) is 105 Å². The quantitative estimate of drug-likeness (QED) is 0.591. The number of imidazole rings is 1. The van der Waals surface area contributed by atoms with Crippen molar-refractivity contribution in [3.05, 3.63) is 54.4 Å². The summed E-state index contributed by atoms with van der Waals surface area (Å²) in [4.78, 5) is 18.9. The highest BCUT2D eigenvalue weighted by Gasteiger charge is 2.26. The molecule has 3 aromatic rings. The van der Waals surface area contributed by atoms with Gasteiger partial charge in [0.05, 0.1) is 24.6 Å². The Morgan fingerprint density at radius 1 is 1.24 bits per heavy atom. The van der Waals surface area contributed by atoms with Gasteiger partial charge in [0, 0.05) is 24.7 Å². The lowest BCUT2D eigenvalue weighted by Crippen LogP contribution is -2.32. The van der Waals surface area contributed by atoms with Gasteiger partial charge in [-0.25, -0.2) is 13.4 Å². The molecule has 29 heavy (non-hydrogen) atoms. The molecule has 150 valence electrons. The van der Waals surface area contributed by atoms with Crippen molar-refractivity contribution in [3.63, 3.8) is 0 Å². The molecule has 1 aromatic carbocycles. The Morgan fingerprint density at radius 3 is 2.59 bits per heavy atom. The van der Waals surface area contributed by atoms with E-state index in [0.717, 1.165) is 6.26 Å². The molecule has 0 saturated heterocycles. The normalized spacial score (nSPS) is 11.2. The van der Waals surface area contributed by atoms with Gasteiger partial charge in [0.1, 0.15) is 5.75 Å². The Kier molecular flexibility index (Phi) is 5.84. The van der Waals surface area contributed by atoms with Crippen LogP contribution >= 0.6 is 0 Å². The average Bonchev–Trinajstić information content (AvgIpc) is 3.10. The van der Waals surface area contributed by atoms with Gasteiger partial charge in [0.15, 0.2) is 5.69 Å². The summed E-state index contributed by atoms with van der Waals surface area (Å²) in [5.74, 6) is 0.179. The van der Waals surface area contributed by atoms with Crippen LogP contribution in [0.3, 0.4) is 0 Å². The summed E-state index contributed by atoms with van der Waals surface area (Å²) in [7, 11) is -3.65. The second-order valence-corrected chi connectivity index (χ2v) is 8.17. The number of carbonyl (C=O) groups excluding carboxylic acids is 1. The highest BCUT2D eigenvalue weighted by molar-refractivity contribution is 7.90. The van der Waals surface area contributed by atoms with Crippen molar-refractivity contribution in [2.75, 3.05) is 24.3 Å². The average molecular weight is 412 g/mol. The zero-order valence-electron chi connectivity index (χ0n) is 16.1. The van der Waals surface area contributed by atoms with Crippen molar-refractivity contribution in [1.29, 1.82) is 5.26 Å². The van der Waals surface area contributed by atoms with Gasteiger partial charge in [-0.2, -0.15) is 5.26 Å². The fraction of sp³-hybridized carbons (Fsp3) is 0.250. The minimum absolute atomic E-state index is 0.0119. The molecule has 0 aliphatic rings. The third-order valence-electron chi connectivity index (χ3n) is 4.20. The highest BCUT2D eigenvalue weighted by Crippen LogP contribution is 2.24. The van der Waals surface area contributed by atoms with Gasteiger partial charge >= 0.3 is 0 Å². The maximum absolute atomic E-state index is 13.3. The van der Waals surface area contributed by atoms with Crippen LogP contribution in [0.25, 0.3) is 5.52 Å². The van der Waals surface area contributed by atoms with Crippen LogP contribution < -0.4 is 9.64 Å². The molecule has 0 bridgehead atoms. The van der Waals surface area contributed by atoms with Gasteiger partial charge in [-0.15, -0.1) is 0 Å². The van der Waals surface area contributed by atoms with E-state index in [9.17, 15) is 13.2 Å². The van der Waals surface area contributed by atoms with Crippen LogP contribution in [0.2, 0.25) is 0 Å². The lowest BCUT2D eigenvalue weighted by Gasteiger charge is -2.21. The van der Waals surface area contributed by atoms with Crippen LogP contribution in [0.1, 0.15) is 23.8 Å². The molecule has 9 heteroatoms. The summed E-state index contributed by atoms with van der Waals surface area (Å²) in [5.41, 5.74) is 0.954. The molecule has 8 nitrogen and oxygen atoms in total. The van der Waals surface area contributed by atoms with E-state index in [1.165, 1.54) is 9.30 Å². The summed E-state index contributed by atoms with van der Waals surface area (Å²) in [6, 6.07) is 13.9. The molecule has 2 aromatic heterocycles. The summed E-state index contributed by atoms with van der Waals surface area (Å²) in [5, 5.41) is 8.80. The first kappa shape index (κ1) is 20.4. The van der Waals surface area contributed by atoms with Crippen LogP contribution in [-0.2, 0) is 9.84 Å². The van der Waals surface area contributed by atoms with Gasteiger partial charge in [-0.05, 0) is 43.3 Å². The van der Waals surface area contributed by atoms with E-state index in [0.29, 0.717) is 23.6 Å². The van der Waals surface area contributed by atoms with Crippen molar-refractivity contribution >= 4 is 26.9 Å². The molecule has 0 spiro atoms. The van der Waals surface area contributed by atoms with E-state index in [1.807, 2.05) is 13.0 Å². The predicted octanol–water partition coefficient (Wildman–Crippen LogP) is 2.70. The number of nitrogens with zero attached hydrogens (tertiary/aromatic N) is 4. The molecule has 0 atom stereocenters. The van der Waals surface area contributed by atoms with Gasteiger partial charge < -0.3 is 9.64 Å². The number of aromatic nitrogens is 2. The third-order valence-corrected chi connectivity index (χ3v) is 5.15. The van der Waals surface area contributed by atoms with Crippen molar-refractivity contribution < 1.29 is 17.9 Å². The van der Waals surface area contributed by atoms with Gasteiger partial charge in [0.2, 0.25) is 15.0 Å². The Hall–Kier alpha value is -3.38. The molecule has 0 fully saturated rings. The third kappa shape index (κ3) is 4.22. The molecule has 0 unspecified atom stereocenters. The number of nitriles is 1. The molecule has 2 heterocycles. The Labute approximate surface area is 168 Å². The van der Waals surface area contributed by atoms with Crippen LogP contribution in [-0.4, -0.2) is 43.1 Å². The maximum atomic E-state index is 13.3. The van der Waals surface area contributed by atoms with Crippen LogP contribution in [0, 0.1) is 11.3 Å². The summed E-state index contributed by atoms with van der Waals surface area (Å²) in [6.07, 6.45) is 2.71. The molecule has 0 saturated carbocycles. The minimum Gasteiger partial charge on any atom is -0.494 e. The molecular formula is C20H20N4O4S. The lowest BCUT2D eigenvalue weighted by molar-refractivity contribution is 0.0984. The molecule has 0 radical (unpaired) electrons. The highest BCUT2D eigenvalue weighted by atomic mass is 32.2. The van der Waals surface area contributed by atoms with Crippen LogP contribution in [0.4, 0.5) is 5.69 Å². The van der Waals surface area contributed by atoms with E-state index < -0.39 is 15.7 Å². The SMILES string of the molecule is CCOc1ccc(N(CCC#N)C(=O)c2nc(S(C)(=O)=O)n3ccccc23)cc1. The molecular weight excluding hydrogens is 392 g/mol. The number of pyridine rings is 1. The fourth-order valence-electron chi connectivity index (χ4n) is 2.96. The van der Waals surface area contributed by atoms with Crippen molar-refractivity contribution in [2.45, 2.75) is 18.5 Å². The minimum atomic E-state index is -3.65. The Bertz CT molecular complexity index is 1180. The smallest absolute Gasteiger partial charge is 0.279 e. The number of fused-ring (bicyclic) bond motifs is 1. The number of rotatable bonds is 7. The summed E-state index contributed by atoms with van der Waals surface area (Å²) >= 11 is 0. The Morgan fingerprint density at radius 2 is 1.97 bits per heavy atom. The Balaban J connectivity index is 2.08. The first-order valence-corrected chi connectivity index (χ1v) is 10.8. The number of sulfone groups is 1. The number of anilines is 1. The second-order valence-electron chi connectivity index (χ2n) is 6.26. The largest absolute Gasteiger partial charge is 0.494 e. The van der Waals surface area contributed by atoms with Gasteiger partial charge in [-0.1, -0.05) is 6.07 Å². The first-order chi connectivity index (χ1) is 13.9. The standard InChI is InChI=1S/C20H20N4O4S/c1-3-28-16-10-8-15(9-11-16)23(14-6-12-21)19(25)18-17-7-4-5-13-24(17)20(22-18)29(2,26)27/h4-5,7-11,13H,3,6,14H2,1-2H3. The van der Waals surface area contributed by atoms with E-state index >= 15 is 0 Å². The van der Waals surface area contributed by atoms with E-state index in [2.05, 4.69) is 4.98 Å². The van der Waals surface area contributed by atoms with Gasteiger partial charge in [0.25, 0.3) is 5.91 Å². The van der Waals surface area contributed by atoms with Crippen molar-refractivity contribution in [1.82, 2.24) is 9.38 Å². The molecule has 3 rings (SSSR count). The number of hydrogen-bond donors (Lipinski definition) is 0. The van der Waals surface area contributed by atoms with E-state index in [-0.39, 0.29) is 23.8 Å². The van der Waals surface area contributed by atoms with Crippen molar-refractivity contribution in [2.24, 2.45) is 0 Å². The number of ether oxygens (including phenoxy) is 1. The van der Waals surface area contributed by atoms with Crippen LogP contribution in [0.5, 0.6) is 5.75 Å². The molecule has 0 aliphatic heterocycles. The zero-order chi connectivity index (χ0) is 21.0. The number of amides is 1. The summed E-state index contributed by atoms with van der Waals surface area (Å²) < 4.78 is 31.1. The second kappa shape index (κ2) is 8.32. The number of carbonyl (C=O) groups is 1. The van der Waals surface area contributed by atoms with Crippen molar-refractivity contribution in [3.8, 4) is 11.8 Å². The van der Waals surface area contributed by atoms with Crippen LogP contribution in [0.15, 0.2) is 53.8 Å². The fourth-order valence-corrected chi connectivity index (χ4v) is 3.73. The molecule has 0 aliphatic carbocycles. The number of hydrogen-bond acceptors (Lipinski definition) is 6. The number of benzene rings is 1. The monoisotopic (exact) mass is 412 g/mol. The maximum Gasteiger partial charge on any atom is 0.279 e. The summed E-state index contributed by atoms with van der Waals surface area (Å²) in [6.45, 7) is 2.54. The van der Waals surface area contributed by atoms with E-state index in [1.54, 1.807) is 48.7 Å². The first-order valence-electron chi connectivity index (χ1n) is 8.95.